The molecular weight excluding hydrogens is 612 g/mol. The summed E-state index contributed by atoms with van der Waals surface area (Å²) in [6, 6.07) is 16.6. The lowest BCUT2D eigenvalue weighted by Crippen LogP contribution is -2.29. The second kappa shape index (κ2) is 16.8. The van der Waals surface area contributed by atoms with Crippen LogP contribution in [0, 0.1) is 5.41 Å². The summed E-state index contributed by atoms with van der Waals surface area (Å²) < 4.78 is 11.7. The highest BCUT2D eigenvalue weighted by Crippen LogP contribution is 2.33. The van der Waals surface area contributed by atoms with E-state index in [0.29, 0.717) is 37.5 Å². The van der Waals surface area contributed by atoms with Gasteiger partial charge in [-0.15, -0.1) is 0 Å². The SMILES string of the molecule is CCC(C)(C)Nc1ccc(OCCCCCOc2ccc(NC(=O)c3cc(C(=O)C(C)(CC)CC)c(C(=O)O)cc3C(=O)O)cc2)cc1. The highest BCUT2D eigenvalue weighted by atomic mass is 16.5. The van der Waals surface area contributed by atoms with Gasteiger partial charge in [0.15, 0.2) is 5.78 Å². The van der Waals surface area contributed by atoms with Crippen molar-refractivity contribution in [3.05, 3.63) is 82.9 Å². The Bertz CT molecular complexity index is 1580. The summed E-state index contributed by atoms with van der Waals surface area (Å²) >= 11 is 0. The third kappa shape index (κ3) is 10.1. The van der Waals surface area contributed by atoms with E-state index in [1.54, 1.807) is 31.2 Å². The molecule has 0 atom stereocenters. The molecule has 0 spiro atoms. The van der Waals surface area contributed by atoms with Crippen molar-refractivity contribution < 1.29 is 38.9 Å². The van der Waals surface area contributed by atoms with Crippen LogP contribution in [0.5, 0.6) is 11.5 Å². The van der Waals surface area contributed by atoms with Gasteiger partial charge in [0.1, 0.15) is 11.5 Å². The first-order valence-corrected chi connectivity index (χ1v) is 16.5. The van der Waals surface area contributed by atoms with Gasteiger partial charge in [-0.05, 0) is 113 Å². The number of anilines is 2. The Morgan fingerprint density at radius 1 is 0.625 bits per heavy atom. The molecule has 10 nitrogen and oxygen atoms in total. The predicted molar refractivity (Wildman–Crippen MR) is 187 cm³/mol. The lowest BCUT2D eigenvalue weighted by molar-refractivity contribution is 0.0681. The van der Waals surface area contributed by atoms with Crippen LogP contribution in [0.3, 0.4) is 0 Å². The molecule has 48 heavy (non-hydrogen) atoms. The summed E-state index contributed by atoms with van der Waals surface area (Å²) in [7, 11) is 0. The van der Waals surface area contributed by atoms with Gasteiger partial charge in [-0.3, -0.25) is 9.59 Å². The van der Waals surface area contributed by atoms with Crippen LogP contribution >= 0.6 is 0 Å². The lowest BCUT2D eigenvalue weighted by atomic mass is 9.76. The van der Waals surface area contributed by atoms with Gasteiger partial charge < -0.3 is 30.3 Å². The van der Waals surface area contributed by atoms with Gasteiger partial charge in [0.05, 0.1) is 29.9 Å². The number of carboxylic acids is 2. The Hall–Kier alpha value is -4.86. The fourth-order valence-corrected chi connectivity index (χ4v) is 4.93. The minimum Gasteiger partial charge on any atom is -0.494 e. The molecule has 0 aliphatic carbocycles. The van der Waals surface area contributed by atoms with Crippen molar-refractivity contribution in [1.29, 1.82) is 0 Å². The number of hydrogen-bond donors (Lipinski definition) is 4. The number of carbonyl (C=O) groups excluding carboxylic acids is 2. The number of carbonyl (C=O) groups is 4. The molecule has 4 N–H and O–H groups in total. The normalized spacial score (nSPS) is 11.5. The predicted octanol–water partition coefficient (Wildman–Crippen LogP) is 8.57. The molecular formula is C38H48N2O8. The first kappa shape index (κ1) is 37.6. The van der Waals surface area contributed by atoms with E-state index >= 15 is 0 Å². The number of amides is 1. The largest absolute Gasteiger partial charge is 0.494 e. The lowest BCUT2D eigenvalue weighted by Gasteiger charge is -2.26. The Morgan fingerprint density at radius 3 is 1.54 bits per heavy atom. The molecule has 3 aromatic rings. The summed E-state index contributed by atoms with van der Waals surface area (Å²) in [6.45, 7) is 13.0. The Kier molecular flexibility index (Phi) is 13.2. The number of rotatable bonds is 19. The number of Topliss-reactive ketones (excluding diaryl/α,β-unsaturated/α-hetero) is 1. The van der Waals surface area contributed by atoms with Gasteiger partial charge in [-0.25, -0.2) is 9.59 Å². The van der Waals surface area contributed by atoms with Crippen LogP contribution < -0.4 is 20.1 Å². The van der Waals surface area contributed by atoms with E-state index < -0.39 is 40.2 Å². The van der Waals surface area contributed by atoms with E-state index in [0.717, 1.165) is 49.3 Å². The standard InChI is InChI=1S/C38H48N2O8/c1-7-37(4,5)40-26-15-19-28(20-16-26)48-22-12-10-11-21-47-27-17-13-25(14-18-27)39-34(42)30-23-29(33(41)38(6,8-2)9-3)31(35(43)44)24-32(30)36(45)46/h13-20,23-24,40H,7-12,21-22H2,1-6H3,(H,39,42)(H,43,44)(H,45,46). The van der Waals surface area contributed by atoms with Gasteiger partial charge >= 0.3 is 11.9 Å². The average molecular weight is 661 g/mol. The molecule has 0 aliphatic rings. The van der Waals surface area contributed by atoms with Crippen LogP contribution in [0.1, 0.15) is 121 Å². The van der Waals surface area contributed by atoms with Gasteiger partial charge in [0.2, 0.25) is 0 Å². The molecule has 0 unspecified atom stereocenters. The first-order valence-electron chi connectivity index (χ1n) is 16.5. The Labute approximate surface area is 282 Å². The molecule has 10 heteroatoms. The number of aromatic carboxylic acids is 2. The fourth-order valence-electron chi connectivity index (χ4n) is 4.93. The Balaban J connectivity index is 1.53. The van der Waals surface area contributed by atoms with Crippen LogP contribution in [0.25, 0.3) is 0 Å². The smallest absolute Gasteiger partial charge is 0.336 e. The zero-order valence-electron chi connectivity index (χ0n) is 28.8. The highest BCUT2D eigenvalue weighted by Gasteiger charge is 2.34. The van der Waals surface area contributed by atoms with Crippen LogP contribution in [-0.2, 0) is 0 Å². The van der Waals surface area contributed by atoms with Crippen molar-refractivity contribution in [1.82, 2.24) is 0 Å². The average Bonchev–Trinajstić information content (AvgIpc) is 3.07. The molecule has 0 radical (unpaired) electrons. The van der Waals surface area contributed by atoms with Gasteiger partial charge in [-0.2, -0.15) is 0 Å². The number of benzene rings is 3. The maximum Gasteiger partial charge on any atom is 0.336 e. The first-order chi connectivity index (χ1) is 22.7. The second-order valence-electron chi connectivity index (χ2n) is 12.8. The number of ether oxygens (including phenoxy) is 2. The third-order valence-electron chi connectivity index (χ3n) is 8.88. The Morgan fingerprint density at radius 2 is 1.08 bits per heavy atom. The van der Waals surface area contributed by atoms with Gasteiger partial charge in [0, 0.05) is 27.9 Å². The minimum absolute atomic E-state index is 0.0369. The molecule has 258 valence electrons. The summed E-state index contributed by atoms with van der Waals surface area (Å²) in [6.07, 6.45) is 4.54. The summed E-state index contributed by atoms with van der Waals surface area (Å²) in [4.78, 5) is 50.7. The van der Waals surface area contributed by atoms with Crippen molar-refractivity contribution >= 4 is 35.0 Å². The molecule has 0 saturated carbocycles. The number of nitrogens with one attached hydrogen (secondary N) is 2. The monoisotopic (exact) mass is 660 g/mol. The van der Waals surface area contributed by atoms with Crippen molar-refractivity contribution in [2.45, 2.75) is 85.6 Å². The topological polar surface area (TPSA) is 151 Å². The van der Waals surface area contributed by atoms with Crippen LogP contribution in [0.15, 0.2) is 60.7 Å². The molecule has 3 rings (SSSR count). The molecule has 0 bridgehead atoms. The molecule has 3 aromatic carbocycles. The highest BCUT2D eigenvalue weighted by molar-refractivity contribution is 6.16. The summed E-state index contributed by atoms with van der Waals surface area (Å²) in [5.41, 5.74) is -0.861. The van der Waals surface area contributed by atoms with Crippen LogP contribution in [-0.4, -0.2) is 52.6 Å². The number of hydrogen-bond acceptors (Lipinski definition) is 7. The molecule has 0 saturated heterocycles. The van der Waals surface area contributed by atoms with Gasteiger partial charge in [-0.1, -0.05) is 27.7 Å². The van der Waals surface area contributed by atoms with Gasteiger partial charge in [0.25, 0.3) is 5.91 Å². The van der Waals surface area contributed by atoms with Crippen molar-refractivity contribution in [3.63, 3.8) is 0 Å². The zero-order valence-corrected chi connectivity index (χ0v) is 28.8. The fraction of sp³-hybridized carbons (Fsp3) is 0.421. The van der Waals surface area contributed by atoms with Crippen molar-refractivity contribution in [3.8, 4) is 11.5 Å². The summed E-state index contributed by atoms with van der Waals surface area (Å²) in [5, 5.41) is 25.7. The quantitative estimate of drug-likeness (QED) is 0.0732. The number of carboxylic acid groups (broad SMARTS) is 2. The zero-order chi connectivity index (χ0) is 35.5. The van der Waals surface area contributed by atoms with E-state index in [1.165, 1.54) is 0 Å². The van der Waals surface area contributed by atoms with Crippen molar-refractivity contribution in [2.24, 2.45) is 5.41 Å². The molecule has 1 amide bonds. The van der Waals surface area contributed by atoms with E-state index in [4.69, 9.17) is 9.47 Å². The number of unbranched alkanes of at least 4 members (excludes halogenated alkanes) is 2. The summed E-state index contributed by atoms with van der Waals surface area (Å²) in [5.74, 6) is -2.73. The molecule has 0 fully saturated rings. The van der Waals surface area contributed by atoms with E-state index in [-0.39, 0.29) is 16.7 Å². The van der Waals surface area contributed by atoms with E-state index in [2.05, 4.69) is 31.4 Å². The number of ketones is 1. The second-order valence-corrected chi connectivity index (χ2v) is 12.8. The minimum atomic E-state index is -1.48. The third-order valence-corrected chi connectivity index (χ3v) is 8.88. The maximum absolute atomic E-state index is 13.4. The van der Waals surface area contributed by atoms with Crippen LogP contribution in [0.2, 0.25) is 0 Å². The molecule has 0 aromatic heterocycles. The van der Waals surface area contributed by atoms with Crippen molar-refractivity contribution in [2.75, 3.05) is 23.8 Å². The molecule has 0 heterocycles. The van der Waals surface area contributed by atoms with E-state index in [9.17, 15) is 29.4 Å². The molecule has 0 aliphatic heterocycles. The maximum atomic E-state index is 13.4. The van der Waals surface area contributed by atoms with E-state index in [1.807, 2.05) is 38.1 Å². The van der Waals surface area contributed by atoms with Crippen LogP contribution in [0.4, 0.5) is 11.4 Å².